The summed E-state index contributed by atoms with van der Waals surface area (Å²) < 4.78 is 49.8. The van der Waals surface area contributed by atoms with Crippen molar-refractivity contribution in [2.75, 3.05) is 6.61 Å². The van der Waals surface area contributed by atoms with Crippen LogP contribution in [0.25, 0.3) is 0 Å². The second-order valence-electron chi connectivity index (χ2n) is 10.3. The van der Waals surface area contributed by atoms with Crippen molar-refractivity contribution >= 4 is 28.0 Å². The SMILES string of the molecule is C=CC[C@H](C[C@H](OC(=O)c1ccccc1)[C@@H](COC(=O)c1ccccc1)OS(=O)(=O)c1ccc(C)cc1)OC(=O)c1ccccc1. The maximum absolute atomic E-state index is 13.5. The molecule has 46 heavy (non-hydrogen) atoms. The first-order valence-electron chi connectivity index (χ1n) is 14.5. The fourth-order valence-electron chi connectivity index (χ4n) is 4.42. The molecule has 0 bridgehead atoms. The molecule has 238 valence electrons. The minimum absolute atomic E-state index is 0.138. The van der Waals surface area contributed by atoms with Gasteiger partial charge in [0, 0.05) is 12.8 Å². The number of hydrogen-bond acceptors (Lipinski definition) is 9. The van der Waals surface area contributed by atoms with Crippen molar-refractivity contribution in [3.05, 3.63) is 150 Å². The summed E-state index contributed by atoms with van der Waals surface area (Å²) in [5.74, 6) is -2.16. The lowest BCUT2D eigenvalue weighted by molar-refractivity contribution is -0.0505. The third-order valence-corrected chi connectivity index (χ3v) is 8.19. The van der Waals surface area contributed by atoms with Crippen LogP contribution in [0.1, 0.15) is 49.5 Å². The highest BCUT2D eigenvalue weighted by Crippen LogP contribution is 2.24. The van der Waals surface area contributed by atoms with Crippen LogP contribution in [0, 0.1) is 6.92 Å². The molecule has 3 atom stereocenters. The highest BCUT2D eigenvalue weighted by Gasteiger charge is 2.36. The Hall–Kier alpha value is -5.06. The predicted molar refractivity (Wildman–Crippen MR) is 171 cm³/mol. The van der Waals surface area contributed by atoms with E-state index >= 15 is 0 Å². The highest BCUT2D eigenvalue weighted by molar-refractivity contribution is 7.86. The van der Waals surface area contributed by atoms with E-state index in [4.69, 9.17) is 18.4 Å². The van der Waals surface area contributed by atoms with E-state index in [0.717, 1.165) is 5.56 Å². The Balaban J connectivity index is 1.69. The zero-order valence-electron chi connectivity index (χ0n) is 25.2. The predicted octanol–water partition coefficient (Wildman–Crippen LogP) is 6.34. The molecule has 0 spiro atoms. The van der Waals surface area contributed by atoms with E-state index in [9.17, 15) is 22.8 Å². The third kappa shape index (κ3) is 9.72. The Bertz CT molecular complexity index is 1710. The van der Waals surface area contributed by atoms with E-state index in [-0.39, 0.29) is 28.9 Å². The summed E-state index contributed by atoms with van der Waals surface area (Å²) in [4.78, 5) is 39.0. The van der Waals surface area contributed by atoms with Crippen LogP contribution in [-0.4, -0.2) is 51.2 Å². The van der Waals surface area contributed by atoms with Gasteiger partial charge in [-0.15, -0.1) is 6.58 Å². The van der Waals surface area contributed by atoms with Gasteiger partial charge in [-0.2, -0.15) is 8.42 Å². The fourth-order valence-corrected chi connectivity index (χ4v) is 5.51. The van der Waals surface area contributed by atoms with Gasteiger partial charge in [-0.25, -0.2) is 14.4 Å². The molecule has 4 rings (SSSR count). The summed E-state index contributed by atoms with van der Waals surface area (Å²) >= 11 is 0. The van der Waals surface area contributed by atoms with Gasteiger partial charge < -0.3 is 14.2 Å². The normalized spacial score (nSPS) is 13.1. The number of ether oxygens (including phenoxy) is 3. The maximum Gasteiger partial charge on any atom is 0.338 e. The molecule has 4 aromatic carbocycles. The van der Waals surface area contributed by atoms with Crippen molar-refractivity contribution in [3.63, 3.8) is 0 Å². The first-order valence-corrected chi connectivity index (χ1v) is 15.9. The van der Waals surface area contributed by atoms with Gasteiger partial charge in [0.15, 0.2) is 0 Å². The Morgan fingerprint density at radius 3 is 1.65 bits per heavy atom. The summed E-state index contributed by atoms with van der Waals surface area (Å²) in [5.41, 5.74) is 1.53. The van der Waals surface area contributed by atoms with Gasteiger partial charge in [0.05, 0.1) is 21.6 Å². The van der Waals surface area contributed by atoms with E-state index < -0.39 is 52.9 Å². The van der Waals surface area contributed by atoms with E-state index in [1.165, 1.54) is 42.5 Å². The molecular weight excluding hydrogens is 608 g/mol. The van der Waals surface area contributed by atoms with Crippen LogP contribution >= 0.6 is 0 Å². The van der Waals surface area contributed by atoms with Crippen molar-refractivity contribution in [3.8, 4) is 0 Å². The van der Waals surface area contributed by atoms with Crippen LogP contribution in [0.4, 0.5) is 0 Å². The second kappa shape index (κ2) is 16.3. The van der Waals surface area contributed by atoms with E-state index in [0.29, 0.717) is 5.56 Å². The molecule has 0 saturated carbocycles. The minimum Gasteiger partial charge on any atom is -0.459 e. The molecule has 0 amide bonds. The molecular formula is C36H34O9S. The molecule has 9 nitrogen and oxygen atoms in total. The number of hydrogen-bond donors (Lipinski definition) is 0. The third-order valence-electron chi connectivity index (χ3n) is 6.84. The first-order chi connectivity index (χ1) is 22.2. The zero-order valence-corrected chi connectivity index (χ0v) is 26.0. The molecule has 0 aliphatic heterocycles. The first kappa shape index (κ1) is 33.8. The molecule has 10 heteroatoms. The quantitative estimate of drug-likeness (QED) is 0.0632. The monoisotopic (exact) mass is 642 g/mol. The van der Waals surface area contributed by atoms with Crippen LogP contribution in [0.15, 0.2) is 133 Å². The van der Waals surface area contributed by atoms with E-state index in [2.05, 4.69) is 6.58 Å². The topological polar surface area (TPSA) is 122 Å². The van der Waals surface area contributed by atoms with Crippen LogP contribution < -0.4 is 0 Å². The molecule has 0 saturated heterocycles. The number of aryl methyl sites for hydroxylation is 1. The lowest BCUT2D eigenvalue weighted by atomic mass is 10.0. The summed E-state index contributed by atoms with van der Waals surface area (Å²) in [6, 6.07) is 30.5. The molecule has 0 unspecified atom stereocenters. The van der Waals surface area contributed by atoms with Crippen molar-refractivity contribution < 1.29 is 41.2 Å². The molecule has 0 heterocycles. The molecule has 0 aromatic heterocycles. The van der Waals surface area contributed by atoms with Crippen LogP contribution in [0.3, 0.4) is 0 Å². The van der Waals surface area contributed by atoms with Crippen molar-refractivity contribution in [2.45, 2.75) is 43.0 Å². The molecule has 0 aliphatic rings. The van der Waals surface area contributed by atoms with Crippen molar-refractivity contribution in [1.82, 2.24) is 0 Å². The lowest BCUT2D eigenvalue weighted by Gasteiger charge is -2.29. The van der Waals surface area contributed by atoms with Crippen LogP contribution in [0.2, 0.25) is 0 Å². The van der Waals surface area contributed by atoms with E-state index in [1.807, 2.05) is 0 Å². The number of benzene rings is 4. The van der Waals surface area contributed by atoms with Crippen molar-refractivity contribution in [1.29, 1.82) is 0 Å². The molecule has 4 aromatic rings. The van der Waals surface area contributed by atoms with Gasteiger partial charge in [-0.1, -0.05) is 78.4 Å². The molecule has 0 N–H and O–H groups in total. The Morgan fingerprint density at radius 1 is 0.674 bits per heavy atom. The van der Waals surface area contributed by atoms with Crippen molar-refractivity contribution in [2.24, 2.45) is 0 Å². The second-order valence-corrected chi connectivity index (χ2v) is 11.9. The highest BCUT2D eigenvalue weighted by atomic mass is 32.2. The maximum atomic E-state index is 13.5. The summed E-state index contributed by atoms with van der Waals surface area (Å²) in [6.07, 6.45) is -2.37. The van der Waals surface area contributed by atoms with Gasteiger partial charge in [-0.05, 0) is 55.5 Å². The molecule has 0 radical (unpaired) electrons. The lowest BCUT2D eigenvalue weighted by Crippen LogP contribution is -2.42. The van der Waals surface area contributed by atoms with Gasteiger partial charge in [0.2, 0.25) is 0 Å². The van der Waals surface area contributed by atoms with Gasteiger partial charge >= 0.3 is 17.9 Å². The summed E-state index contributed by atoms with van der Waals surface area (Å²) in [5, 5.41) is 0. The average molecular weight is 643 g/mol. The average Bonchev–Trinajstić information content (AvgIpc) is 3.07. The minimum atomic E-state index is -4.46. The largest absolute Gasteiger partial charge is 0.459 e. The number of carbonyl (C=O) groups is 3. The van der Waals surface area contributed by atoms with Gasteiger partial charge in [0.1, 0.15) is 24.9 Å². The Kier molecular flexibility index (Phi) is 12.0. The van der Waals surface area contributed by atoms with Gasteiger partial charge in [-0.3, -0.25) is 4.18 Å². The zero-order chi connectivity index (χ0) is 32.9. The smallest absolute Gasteiger partial charge is 0.338 e. The molecule has 0 fully saturated rings. The van der Waals surface area contributed by atoms with Crippen LogP contribution in [-0.2, 0) is 28.5 Å². The fraction of sp³-hybridized carbons (Fsp3) is 0.194. The summed E-state index contributed by atoms with van der Waals surface area (Å²) in [7, 11) is -4.46. The summed E-state index contributed by atoms with van der Waals surface area (Å²) in [6.45, 7) is 4.94. The molecule has 0 aliphatic carbocycles. The number of esters is 3. The Labute approximate surface area is 268 Å². The van der Waals surface area contributed by atoms with Gasteiger partial charge in [0.25, 0.3) is 10.1 Å². The number of carbonyl (C=O) groups excluding carboxylic acids is 3. The standard InChI is InChI=1S/C36H34O9S/c1-3-13-30(43-35(38)28-16-9-5-10-17-28)24-32(44-36(39)29-18-11-6-12-19-29)33(25-42-34(37)27-14-7-4-8-15-27)45-46(40,41)31-22-20-26(2)21-23-31/h3-12,14-23,30,32-33H,1,13,24-25H2,2H3/t30-,32+,33-/m1/s1. The Morgan fingerprint density at radius 2 is 1.15 bits per heavy atom. The number of rotatable bonds is 15. The van der Waals surface area contributed by atoms with E-state index in [1.54, 1.807) is 85.8 Å². The van der Waals surface area contributed by atoms with Crippen LogP contribution in [0.5, 0.6) is 0 Å².